The topological polar surface area (TPSA) is 154 Å². The molecular formula is C18H22N6O5S3. The third-order valence-corrected chi connectivity index (χ3v) is 8.91. The van der Waals surface area contributed by atoms with Gasteiger partial charge >= 0.3 is 0 Å². The molecular weight excluding hydrogens is 476 g/mol. The molecule has 4 N–H and O–H groups in total. The molecule has 4 heterocycles. The van der Waals surface area contributed by atoms with Crippen molar-refractivity contribution in [1.82, 2.24) is 15.2 Å². The van der Waals surface area contributed by atoms with E-state index in [-0.39, 0.29) is 27.6 Å². The van der Waals surface area contributed by atoms with Crippen LogP contribution in [-0.2, 0) is 19.2 Å². The maximum Gasteiger partial charge on any atom is 0.276 e. The van der Waals surface area contributed by atoms with Crippen LogP contribution in [0.2, 0.25) is 0 Å². The summed E-state index contributed by atoms with van der Waals surface area (Å²) in [4.78, 5) is 48.9. The number of thiazole rings is 1. The fourth-order valence-corrected chi connectivity index (χ4v) is 7.21. The molecule has 2 amide bonds. The van der Waals surface area contributed by atoms with E-state index in [1.807, 2.05) is 0 Å². The Balaban J connectivity index is 1.50. The molecule has 0 spiro atoms. The predicted octanol–water partition coefficient (Wildman–Crippen LogP) is -2.54. The van der Waals surface area contributed by atoms with E-state index in [1.54, 1.807) is 17.1 Å². The zero-order chi connectivity index (χ0) is 23.0. The highest BCUT2D eigenvalue weighted by Gasteiger charge is 2.53. The molecule has 4 rings (SSSR count). The number of carbonyl (C=O) groups is 3. The average Bonchev–Trinajstić information content (AvgIpc) is 3.37. The highest BCUT2D eigenvalue weighted by molar-refractivity contribution is 8.00. The van der Waals surface area contributed by atoms with Crippen molar-refractivity contribution in [1.29, 1.82) is 0 Å². The zero-order valence-corrected chi connectivity index (χ0v) is 19.8. The number of hydrogen-bond donors (Lipinski definition) is 3. The Morgan fingerprint density at radius 3 is 2.84 bits per heavy atom. The number of nitrogen functional groups attached to an aromatic ring is 1. The van der Waals surface area contributed by atoms with E-state index in [2.05, 4.69) is 22.5 Å². The first kappa shape index (κ1) is 22.9. The molecule has 11 nitrogen and oxygen atoms in total. The van der Waals surface area contributed by atoms with Crippen LogP contribution in [-0.4, -0.2) is 82.4 Å². The van der Waals surface area contributed by atoms with Gasteiger partial charge in [0, 0.05) is 23.3 Å². The lowest BCUT2D eigenvalue weighted by atomic mass is 10.0. The lowest BCUT2D eigenvalue weighted by Crippen LogP contribution is -3.10. The summed E-state index contributed by atoms with van der Waals surface area (Å²) in [7, 11) is 3.37. The fraction of sp³-hybridized carbons (Fsp3) is 0.500. The third-order valence-electron chi connectivity index (χ3n) is 5.49. The van der Waals surface area contributed by atoms with Crippen LogP contribution in [0, 0.1) is 0 Å². The number of nitrogens with two attached hydrogens (primary N) is 1. The Morgan fingerprint density at radius 2 is 2.25 bits per heavy atom. The Hall–Kier alpha value is -2.29. The summed E-state index contributed by atoms with van der Waals surface area (Å²) in [6.07, 6.45) is 0.580. The van der Waals surface area contributed by atoms with Crippen LogP contribution in [0.1, 0.15) is 12.1 Å². The number of nitrogens with zero attached hydrogens (tertiary/aromatic N) is 3. The summed E-state index contributed by atoms with van der Waals surface area (Å²) < 4.78 is 0. The molecule has 1 aromatic heterocycles. The first-order valence-corrected chi connectivity index (χ1v) is 12.7. The smallest absolute Gasteiger partial charge is 0.276 e. The van der Waals surface area contributed by atoms with Crippen molar-refractivity contribution in [3.05, 3.63) is 22.3 Å². The van der Waals surface area contributed by atoms with Crippen molar-refractivity contribution in [3.63, 3.8) is 0 Å². The summed E-state index contributed by atoms with van der Waals surface area (Å²) in [5, 5.41) is 19.8. The molecule has 0 aliphatic carbocycles. The van der Waals surface area contributed by atoms with Gasteiger partial charge in [0.05, 0.1) is 25.3 Å². The van der Waals surface area contributed by atoms with Crippen molar-refractivity contribution >= 4 is 63.5 Å². The summed E-state index contributed by atoms with van der Waals surface area (Å²) in [5.41, 5.74) is 6.37. The van der Waals surface area contributed by atoms with E-state index in [1.165, 1.54) is 28.7 Å². The van der Waals surface area contributed by atoms with Crippen LogP contribution in [0.4, 0.5) is 5.13 Å². The number of aliphatic carboxylic acids is 1. The van der Waals surface area contributed by atoms with Crippen LogP contribution >= 0.6 is 34.9 Å². The van der Waals surface area contributed by atoms with Crippen LogP contribution in [0.3, 0.4) is 0 Å². The van der Waals surface area contributed by atoms with Gasteiger partial charge in [0.15, 0.2) is 10.8 Å². The number of quaternary nitrogens is 1. The van der Waals surface area contributed by atoms with Crippen molar-refractivity contribution < 1.29 is 29.2 Å². The van der Waals surface area contributed by atoms with Crippen molar-refractivity contribution in [2.24, 2.45) is 5.16 Å². The van der Waals surface area contributed by atoms with Crippen LogP contribution in [0.25, 0.3) is 0 Å². The monoisotopic (exact) mass is 498 g/mol. The number of thioether (sulfide) groups is 2. The second-order valence-corrected chi connectivity index (χ2v) is 10.8. The molecule has 0 saturated carbocycles. The minimum Gasteiger partial charge on any atom is -0.543 e. The minimum absolute atomic E-state index is 0.0670. The molecule has 0 radical (unpaired) electrons. The number of β-lactam (4-membered cyclic amide) rings is 1. The van der Waals surface area contributed by atoms with Gasteiger partial charge in [-0.25, -0.2) is 4.98 Å². The predicted molar refractivity (Wildman–Crippen MR) is 120 cm³/mol. The maximum absolute atomic E-state index is 12.9. The number of carboxylic acids is 1. The standard InChI is InChI=1S/C18H22N6O5S3/c1-23-3-4-30-10(23)5-8-6-31-16-12(15(26)24(16)13(8)17(27)28)21-14(25)11(22-29-2)9-7-32-18(19)20-9/h7,10,12,16H,3-6H2,1-2H3,(H2,19,20)(H,21,25)(H,27,28)/b22-11-/t10?,12?,16-/m1/s1. The highest BCUT2D eigenvalue weighted by Crippen LogP contribution is 2.41. The van der Waals surface area contributed by atoms with Gasteiger partial charge in [-0.2, -0.15) is 0 Å². The first-order valence-electron chi connectivity index (χ1n) is 9.77. The number of fused-ring (bicyclic) bond motifs is 1. The van der Waals surface area contributed by atoms with Gasteiger partial charge in [-0.3, -0.25) is 14.5 Å². The third kappa shape index (κ3) is 4.19. The second kappa shape index (κ2) is 9.29. The van der Waals surface area contributed by atoms with E-state index in [0.717, 1.165) is 23.6 Å². The summed E-state index contributed by atoms with van der Waals surface area (Å²) in [6.45, 7) is 1.02. The van der Waals surface area contributed by atoms with Gasteiger partial charge in [-0.15, -0.1) is 23.1 Å². The van der Waals surface area contributed by atoms with Gasteiger partial charge < -0.3 is 30.7 Å². The number of carbonyl (C=O) groups excluding carboxylic acids is 3. The normalized spacial score (nSPS) is 27.8. The largest absolute Gasteiger partial charge is 0.543 e. The Kier molecular flexibility index (Phi) is 6.65. The molecule has 2 saturated heterocycles. The van der Waals surface area contributed by atoms with E-state index < -0.39 is 29.2 Å². The quantitative estimate of drug-likeness (QED) is 0.209. The van der Waals surface area contributed by atoms with Crippen molar-refractivity contribution in [2.45, 2.75) is 23.2 Å². The number of hydrogen-bond acceptors (Lipinski definition) is 11. The number of aromatic nitrogens is 1. The molecule has 3 unspecified atom stereocenters. The van der Waals surface area contributed by atoms with Gasteiger partial charge in [0.2, 0.25) is 0 Å². The minimum atomic E-state index is -1.37. The first-order chi connectivity index (χ1) is 15.3. The average molecular weight is 499 g/mol. The summed E-state index contributed by atoms with van der Waals surface area (Å²) in [5.74, 6) is -1.05. The van der Waals surface area contributed by atoms with Gasteiger partial charge in [0.1, 0.15) is 29.6 Å². The number of carboxylic acid groups (broad SMARTS) is 1. The molecule has 172 valence electrons. The van der Waals surface area contributed by atoms with Crippen LogP contribution in [0.15, 0.2) is 21.8 Å². The molecule has 4 atom stereocenters. The molecule has 3 aliphatic rings. The van der Waals surface area contributed by atoms with Crippen LogP contribution < -0.4 is 21.1 Å². The van der Waals surface area contributed by atoms with Crippen molar-refractivity contribution in [2.75, 3.05) is 37.9 Å². The van der Waals surface area contributed by atoms with E-state index in [0.29, 0.717) is 17.7 Å². The fourth-order valence-electron chi connectivity index (χ4n) is 3.85. The number of nitrogens with one attached hydrogen (secondary N) is 2. The van der Waals surface area contributed by atoms with Gasteiger partial charge in [-0.05, 0) is 5.57 Å². The molecule has 1 aromatic rings. The highest BCUT2D eigenvalue weighted by atomic mass is 32.2. The Labute approximate surface area is 196 Å². The van der Waals surface area contributed by atoms with Crippen molar-refractivity contribution in [3.8, 4) is 0 Å². The molecule has 0 aromatic carbocycles. The molecule has 14 heteroatoms. The molecule has 2 fully saturated rings. The number of anilines is 1. The SMILES string of the molecule is CO/N=C(\C(=O)NC1C(=O)N2C(C(=O)[O-])=C(CC3SCC[NH+]3C)CS[C@H]12)c1csc(N)n1. The second-order valence-electron chi connectivity index (χ2n) is 7.45. The Bertz CT molecular complexity index is 1010. The molecule has 32 heavy (non-hydrogen) atoms. The van der Waals surface area contributed by atoms with E-state index >= 15 is 0 Å². The number of rotatable bonds is 7. The van der Waals surface area contributed by atoms with Crippen LogP contribution in [0.5, 0.6) is 0 Å². The molecule has 3 aliphatic heterocycles. The van der Waals surface area contributed by atoms with Gasteiger partial charge in [0.25, 0.3) is 11.8 Å². The summed E-state index contributed by atoms with van der Waals surface area (Å²) >= 11 is 4.36. The van der Waals surface area contributed by atoms with Gasteiger partial charge in [-0.1, -0.05) is 16.9 Å². The number of amides is 2. The van der Waals surface area contributed by atoms with E-state index in [4.69, 9.17) is 10.6 Å². The molecule has 0 bridgehead atoms. The summed E-state index contributed by atoms with van der Waals surface area (Å²) in [6, 6.07) is -0.893. The lowest BCUT2D eigenvalue weighted by Gasteiger charge is -2.51. The zero-order valence-electron chi connectivity index (χ0n) is 17.3. The lowest BCUT2D eigenvalue weighted by molar-refractivity contribution is -0.882. The maximum atomic E-state index is 12.9. The van der Waals surface area contributed by atoms with E-state index in [9.17, 15) is 19.5 Å². The number of oxime groups is 1. The Morgan fingerprint density at radius 1 is 1.47 bits per heavy atom.